The molecule has 0 aliphatic carbocycles. The van der Waals surface area contributed by atoms with Gasteiger partial charge in [-0.25, -0.2) is 4.98 Å². The van der Waals surface area contributed by atoms with Crippen molar-refractivity contribution in [3.8, 4) is 0 Å². The maximum Gasteiger partial charge on any atom is 0.203 e. The molecule has 5 heteroatoms. The molecule has 0 fully saturated rings. The number of aryl methyl sites for hydroxylation is 1. The lowest BCUT2D eigenvalue weighted by Gasteiger charge is -2.15. The summed E-state index contributed by atoms with van der Waals surface area (Å²) in [6.45, 7) is 5.72. The first-order valence-corrected chi connectivity index (χ1v) is 7.43. The number of ether oxygens (including phenoxy) is 1. The number of hydrogen-bond donors (Lipinski definition) is 1. The predicted molar refractivity (Wildman–Crippen MR) is 79.9 cm³/mol. The number of methoxy groups -OCH3 is 1. The average Bonchev–Trinajstić information content (AvgIpc) is 2.97. The summed E-state index contributed by atoms with van der Waals surface area (Å²) in [5.41, 5.74) is 2.40. The zero-order valence-electron chi connectivity index (χ0n) is 11.7. The molecule has 0 aliphatic rings. The average molecular weight is 279 g/mol. The highest BCUT2D eigenvalue weighted by atomic mass is 32.1. The molecule has 1 N–H and O–H groups in total. The smallest absolute Gasteiger partial charge is 0.203 e. The monoisotopic (exact) mass is 279 g/mol. The molecule has 1 atom stereocenters. The third-order valence-corrected chi connectivity index (χ3v) is 3.66. The Bertz CT molecular complexity index is 493. The Morgan fingerprint density at radius 2 is 2.37 bits per heavy atom. The van der Waals surface area contributed by atoms with Crippen molar-refractivity contribution in [1.29, 1.82) is 0 Å². The molecule has 4 nitrogen and oxygen atoms in total. The van der Waals surface area contributed by atoms with Crippen LogP contribution in [0.5, 0.6) is 0 Å². The van der Waals surface area contributed by atoms with E-state index in [0.717, 1.165) is 24.6 Å². The lowest BCUT2D eigenvalue weighted by atomic mass is 10.1. The van der Waals surface area contributed by atoms with Crippen molar-refractivity contribution < 1.29 is 4.74 Å². The molecular weight excluding hydrogens is 258 g/mol. The normalized spacial score (nSPS) is 12.6. The van der Waals surface area contributed by atoms with Gasteiger partial charge >= 0.3 is 0 Å². The van der Waals surface area contributed by atoms with Gasteiger partial charge in [0.15, 0.2) is 0 Å². The van der Waals surface area contributed by atoms with E-state index in [4.69, 9.17) is 4.74 Å². The lowest BCUT2D eigenvalue weighted by Crippen LogP contribution is -2.21. The fourth-order valence-corrected chi connectivity index (χ4v) is 2.74. The topological polar surface area (TPSA) is 39.1 Å². The molecule has 2 rings (SSSR count). The van der Waals surface area contributed by atoms with Crippen LogP contribution in [0.2, 0.25) is 0 Å². The van der Waals surface area contributed by atoms with Crippen LogP contribution in [-0.4, -0.2) is 29.3 Å². The lowest BCUT2D eigenvalue weighted by molar-refractivity contribution is 0.187. The number of thiophene rings is 1. The van der Waals surface area contributed by atoms with E-state index >= 15 is 0 Å². The van der Waals surface area contributed by atoms with E-state index in [1.165, 1.54) is 5.56 Å². The van der Waals surface area contributed by atoms with E-state index in [-0.39, 0.29) is 0 Å². The number of nitrogens with one attached hydrogen (secondary N) is 1. The van der Waals surface area contributed by atoms with Gasteiger partial charge in [-0.05, 0) is 42.7 Å². The van der Waals surface area contributed by atoms with Gasteiger partial charge in [-0.15, -0.1) is 0 Å². The quantitative estimate of drug-likeness (QED) is 0.847. The highest BCUT2D eigenvalue weighted by molar-refractivity contribution is 7.07. The van der Waals surface area contributed by atoms with Crippen LogP contribution in [-0.2, 0) is 17.7 Å². The largest absolute Gasteiger partial charge is 0.383 e. The van der Waals surface area contributed by atoms with E-state index in [1.807, 2.05) is 6.92 Å². The highest BCUT2D eigenvalue weighted by Crippen LogP contribution is 2.13. The van der Waals surface area contributed by atoms with E-state index in [0.29, 0.717) is 12.6 Å². The molecule has 0 aromatic carbocycles. The van der Waals surface area contributed by atoms with Crippen molar-refractivity contribution in [1.82, 2.24) is 9.55 Å². The summed E-state index contributed by atoms with van der Waals surface area (Å²) in [7, 11) is 1.72. The summed E-state index contributed by atoms with van der Waals surface area (Å²) in [5.74, 6) is 0.928. The molecule has 104 valence electrons. The molecule has 0 saturated carbocycles. The number of nitrogens with zero attached hydrogens (tertiary/aromatic N) is 2. The first kappa shape index (κ1) is 14.1. The maximum atomic E-state index is 5.13. The van der Waals surface area contributed by atoms with E-state index in [9.17, 15) is 0 Å². The fourth-order valence-electron chi connectivity index (χ4n) is 2.06. The van der Waals surface area contributed by atoms with Crippen LogP contribution in [0, 0.1) is 6.92 Å². The molecule has 2 aromatic heterocycles. The molecule has 0 aliphatic heterocycles. The van der Waals surface area contributed by atoms with Gasteiger partial charge in [-0.1, -0.05) is 0 Å². The Kier molecular flexibility index (Phi) is 4.99. The number of rotatable bonds is 7. The Hall–Kier alpha value is -1.33. The van der Waals surface area contributed by atoms with E-state index < -0.39 is 0 Å². The summed E-state index contributed by atoms with van der Waals surface area (Å²) in [5, 5.41) is 7.79. The van der Waals surface area contributed by atoms with Gasteiger partial charge in [0.05, 0.1) is 12.3 Å². The van der Waals surface area contributed by atoms with Gasteiger partial charge in [-0.3, -0.25) is 0 Å². The Labute approximate surface area is 118 Å². The van der Waals surface area contributed by atoms with Gasteiger partial charge in [0.1, 0.15) is 0 Å². The summed E-state index contributed by atoms with van der Waals surface area (Å²) in [4.78, 5) is 4.53. The molecule has 0 bridgehead atoms. The van der Waals surface area contributed by atoms with Crippen molar-refractivity contribution in [3.05, 3.63) is 34.3 Å². The molecule has 19 heavy (non-hydrogen) atoms. The molecule has 0 spiro atoms. The second-order valence-corrected chi connectivity index (χ2v) is 5.55. The molecule has 0 saturated heterocycles. The predicted octanol–water partition coefficient (Wildman–Crippen LogP) is 2.94. The fraction of sp³-hybridized carbons (Fsp3) is 0.500. The first-order chi connectivity index (χ1) is 9.19. The molecule has 0 amide bonds. The summed E-state index contributed by atoms with van der Waals surface area (Å²) in [6.07, 6.45) is 3.07. The van der Waals surface area contributed by atoms with Crippen LogP contribution < -0.4 is 5.32 Å². The number of anilines is 1. The van der Waals surface area contributed by atoms with Crippen molar-refractivity contribution in [2.24, 2.45) is 0 Å². The standard InChI is InChI=1S/C14H21N3OS/c1-11(8-13-4-7-19-10-13)15-14-16-12(2)9-17(14)5-6-18-3/h4,7,9-11H,5-6,8H2,1-3H3,(H,15,16). The van der Waals surface area contributed by atoms with Gasteiger partial charge < -0.3 is 14.6 Å². The Morgan fingerprint density at radius 3 is 3.05 bits per heavy atom. The van der Waals surface area contributed by atoms with Crippen LogP contribution in [0.1, 0.15) is 18.2 Å². The second kappa shape index (κ2) is 6.73. The van der Waals surface area contributed by atoms with Crippen molar-refractivity contribution in [2.75, 3.05) is 19.0 Å². The molecule has 2 aromatic rings. The number of imidazole rings is 1. The van der Waals surface area contributed by atoms with Crippen LogP contribution in [0.4, 0.5) is 5.95 Å². The van der Waals surface area contributed by atoms with Crippen molar-refractivity contribution in [3.63, 3.8) is 0 Å². The summed E-state index contributed by atoms with van der Waals surface area (Å²) < 4.78 is 7.24. The number of hydrogen-bond acceptors (Lipinski definition) is 4. The highest BCUT2D eigenvalue weighted by Gasteiger charge is 2.09. The van der Waals surface area contributed by atoms with E-state index in [2.05, 4.69) is 44.8 Å². The van der Waals surface area contributed by atoms with Gasteiger partial charge in [-0.2, -0.15) is 11.3 Å². The minimum atomic E-state index is 0.359. The third kappa shape index (κ3) is 4.08. The second-order valence-electron chi connectivity index (χ2n) is 4.77. The van der Waals surface area contributed by atoms with Crippen LogP contribution in [0.25, 0.3) is 0 Å². The number of aromatic nitrogens is 2. The minimum absolute atomic E-state index is 0.359. The van der Waals surface area contributed by atoms with Gasteiger partial charge in [0.25, 0.3) is 0 Å². The van der Waals surface area contributed by atoms with Gasteiger partial charge in [0.2, 0.25) is 5.95 Å². The first-order valence-electron chi connectivity index (χ1n) is 6.49. The van der Waals surface area contributed by atoms with Crippen molar-refractivity contribution >= 4 is 17.3 Å². The molecule has 2 heterocycles. The molecule has 0 radical (unpaired) electrons. The van der Waals surface area contributed by atoms with Crippen LogP contribution in [0.15, 0.2) is 23.0 Å². The Morgan fingerprint density at radius 1 is 1.53 bits per heavy atom. The minimum Gasteiger partial charge on any atom is -0.383 e. The van der Waals surface area contributed by atoms with Crippen LogP contribution in [0.3, 0.4) is 0 Å². The zero-order valence-corrected chi connectivity index (χ0v) is 12.5. The van der Waals surface area contributed by atoms with Crippen molar-refractivity contribution in [2.45, 2.75) is 32.9 Å². The summed E-state index contributed by atoms with van der Waals surface area (Å²) >= 11 is 1.74. The third-order valence-electron chi connectivity index (χ3n) is 2.93. The summed E-state index contributed by atoms with van der Waals surface area (Å²) in [6, 6.07) is 2.53. The van der Waals surface area contributed by atoms with E-state index in [1.54, 1.807) is 18.4 Å². The van der Waals surface area contributed by atoms with Gasteiger partial charge in [0, 0.05) is 25.9 Å². The zero-order chi connectivity index (χ0) is 13.7. The molecular formula is C14H21N3OS. The molecule has 1 unspecified atom stereocenters. The SMILES string of the molecule is COCCn1cc(C)nc1NC(C)Cc1ccsc1. The Balaban J connectivity index is 1.97. The maximum absolute atomic E-state index is 5.13. The van der Waals surface area contributed by atoms with Crippen LogP contribution >= 0.6 is 11.3 Å².